The lowest BCUT2D eigenvalue weighted by atomic mass is 10.0. The quantitative estimate of drug-likeness (QED) is 0.239. The molecule has 1 rings (SSSR count). The van der Waals surface area contributed by atoms with E-state index in [1.807, 2.05) is 0 Å². The summed E-state index contributed by atoms with van der Waals surface area (Å²) >= 11 is 11.8. The minimum absolute atomic E-state index is 0.245. The highest BCUT2D eigenvalue weighted by Crippen LogP contribution is 2.19. The second-order valence-corrected chi connectivity index (χ2v) is 9.11. The number of halogens is 2. The Balaban J connectivity index is 1.93. The van der Waals surface area contributed by atoms with Gasteiger partial charge >= 0.3 is 0 Å². The highest BCUT2D eigenvalue weighted by Gasteiger charge is 2.11. The molecule has 0 aliphatic rings. The second-order valence-electron chi connectivity index (χ2n) is 8.24. The molecule has 0 saturated heterocycles. The van der Waals surface area contributed by atoms with Crippen molar-refractivity contribution >= 4 is 35.0 Å². The minimum Gasteiger partial charge on any atom is -0.292 e. The first-order valence-electron chi connectivity index (χ1n) is 11.8. The standard InChI is InChI=1S/C25H39Cl2NO2/c1-2-3-4-5-6-7-8-9-10-11-12-13-14-15-16-17-24(29)28-25(30)21-18-22(26)20-23(27)19-21/h18-20H,2-17H2,1H3,(H,28,29,30). The van der Waals surface area contributed by atoms with Gasteiger partial charge in [-0.15, -0.1) is 0 Å². The van der Waals surface area contributed by atoms with Gasteiger partial charge in [0.15, 0.2) is 0 Å². The fourth-order valence-corrected chi connectivity index (χ4v) is 4.13. The Bertz CT molecular complexity index is 599. The van der Waals surface area contributed by atoms with Gasteiger partial charge in [-0.2, -0.15) is 0 Å². The number of hydrogen-bond acceptors (Lipinski definition) is 2. The Morgan fingerprint density at radius 2 is 1.07 bits per heavy atom. The van der Waals surface area contributed by atoms with E-state index in [9.17, 15) is 9.59 Å². The zero-order chi connectivity index (χ0) is 22.0. The maximum absolute atomic E-state index is 12.1. The van der Waals surface area contributed by atoms with Crippen LogP contribution in [0, 0.1) is 0 Å². The molecule has 0 heterocycles. The molecule has 0 fully saturated rings. The van der Waals surface area contributed by atoms with Crippen molar-refractivity contribution in [1.29, 1.82) is 0 Å². The molecule has 1 N–H and O–H groups in total. The summed E-state index contributed by atoms with van der Waals surface area (Å²) in [5, 5.41) is 3.16. The summed E-state index contributed by atoms with van der Waals surface area (Å²) in [5.41, 5.74) is 0.303. The van der Waals surface area contributed by atoms with Crippen molar-refractivity contribution in [2.75, 3.05) is 0 Å². The van der Waals surface area contributed by atoms with Gasteiger partial charge in [0.1, 0.15) is 0 Å². The van der Waals surface area contributed by atoms with Crippen LogP contribution < -0.4 is 5.32 Å². The molecule has 0 spiro atoms. The van der Waals surface area contributed by atoms with E-state index < -0.39 is 5.91 Å². The van der Waals surface area contributed by atoms with Gasteiger partial charge in [0.25, 0.3) is 5.91 Å². The van der Waals surface area contributed by atoms with Crippen molar-refractivity contribution in [3.63, 3.8) is 0 Å². The molecule has 3 nitrogen and oxygen atoms in total. The number of nitrogens with one attached hydrogen (secondary N) is 1. The third kappa shape index (κ3) is 14.0. The van der Waals surface area contributed by atoms with Crippen LogP contribution in [0.1, 0.15) is 120 Å². The summed E-state index contributed by atoms with van der Waals surface area (Å²) in [5.74, 6) is -0.698. The Labute approximate surface area is 193 Å². The summed E-state index contributed by atoms with van der Waals surface area (Å²) in [6.07, 6.45) is 19.7. The Hall–Kier alpha value is -1.06. The first-order valence-corrected chi connectivity index (χ1v) is 12.6. The molecule has 1 aromatic carbocycles. The zero-order valence-corrected chi connectivity index (χ0v) is 20.1. The average molecular weight is 456 g/mol. The van der Waals surface area contributed by atoms with Gasteiger partial charge in [-0.05, 0) is 24.6 Å². The van der Waals surface area contributed by atoms with Gasteiger partial charge in [-0.3, -0.25) is 14.9 Å². The van der Waals surface area contributed by atoms with E-state index in [2.05, 4.69) is 12.2 Å². The van der Waals surface area contributed by atoms with Crippen LogP contribution in [0.25, 0.3) is 0 Å². The highest BCUT2D eigenvalue weighted by atomic mass is 35.5. The molecule has 0 radical (unpaired) electrons. The fourth-order valence-electron chi connectivity index (χ4n) is 3.60. The molecule has 0 aliphatic carbocycles. The number of carbonyl (C=O) groups is 2. The van der Waals surface area contributed by atoms with Crippen molar-refractivity contribution in [2.24, 2.45) is 0 Å². The first-order chi connectivity index (χ1) is 14.5. The first kappa shape index (κ1) is 27.0. The van der Waals surface area contributed by atoms with Gasteiger partial charge in [-0.1, -0.05) is 120 Å². The van der Waals surface area contributed by atoms with Crippen LogP contribution in [-0.2, 0) is 4.79 Å². The van der Waals surface area contributed by atoms with Gasteiger partial charge in [0.05, 0.1) is 0 Å². The van der Waals surface area contributed by atoms with E-state index in [1.54, 1.807) is 6.07 Å². The SMILES string of the molecule is CCCCCCCCCCCCCCCCCC(=O)NC(=O)c1cc(Cl)cc(Cl)c1. The smallest absolute Gasteiger partial charge is 0.257 e. The zero-order valence-electron chi connectivity index (χ0n) is 18.6. The average Bonchev–Trinajstić information content (AvgIpc) is 2.70. The van der Waals surface area contributed by atoms with E-state index in [4.69, 9.17) is 23.2 Å². The lowest BCUT2D eigenvalue weighted by Crippen LogP contribution is -2.30. The second kappa shape index (κ2) is 17.6. The minimum atomic E-state index is -0.453. The maximum atomic E-state index is 12.1. The van der Waals surface area contributed by atoms with Crippen LogP contribution in [0.4, 0.5) is 0 Å². The Kier molecular flexibility index (Phi) is 15.8. The summed E-state index contributed by atoms with van der Waals surface area (Å²) in [7, 11) is 0. The van der Waals surface area contributed by atoms with Crippen molar-refractivity contribution < 1.29 is 9.59 Å². The summed E-state index contributed by atoms with van der Waals surface area (Å²) in [6.45, 7) is 2.26. The largest absolute Gasteiger partial charge is 0.292 e. The van der Waals surface area contributed by atoms with Crippen LogP contribution in [-0.4, -0.2) is 11.8 Å². The van der Waals surface area contributed by atoms with Crippen LogP contribution in [0.5, 0.6) is 0 Å². The predicted molar refractivity (Wildman–Crippen MR) is 128 cm³/mol. The number of imide groups is 1. The van der Waals surface area contributed by atoms with Gasteiger partial charge in [0, 0.05) is 22.0 Å². The van der Waals surface area contributed by atoms with Crippen LogP contribution in [0.15, 0.2) is 18.2 Å². The normalized spacial score (nSPS) is 10.9. The third-order valence-corrected chi connectivity index (χ3v) is 5.82. The predicted octanol–water partition coefficient (Wildman–Crippen LogP) is 8.51. The van der Waals surface area contributed by atoms with Gasteiger partial charge < -0.3 is 0 Å². The fraction of sp³-hybridized carbons (Fsp3) is 0.680. The molecule has 0 bridgehead atoms. The molecule has 0 atom stereocenters. The van der Waals surface area contributed by atoms with E-state index in [1.165, 1.54) is 89.2 Å². The number of rotatable bonds is 17. The van der Waals surface area contributed by atoms with Crippen LogP contribution in [0.2, 0.25) is 10.0 Å². The van der Waals surface area contributed by atoms with Crippen molar-refractivity contribution in [3.05, 3.63) is 33.8 Å². The molecule has 0 aromatic heterocycles. The molecular weight excluding hydrogens is 417 g/mol. The van der Waals surface area contributed by atoms with Crippen molar-refractivity contribution in [2.45, 2.75) is 110 Å². The van der Waals surface area contributed by atoms with Crippen LogP contribution >= 0.6 is 23.2 Å². The van der Waals surface area contributed by atoms with E-state index in [0.717, 1.165) is 19.3 Å². The summed E-state index contributed by atoms with van der Waals surface area (Å²) < 4.78 is 0. The lowest BCUT2D eigenvalue weighted by molar-refractivity contribution is -0.120. The third-order valence-electron chi connectivity index (χ3n) is 5.39. The molecular formula is C25H39Cl2NO2. The monoisotopic (exact) mass is 455 g/mol. The van der Waals surface area contributed by atoms with E-state index in [-0.39, 0.29) is 5.91 Å². The molecule has 0 aliphatic heterocycles. The molecule has 0 unspecified atom stereocenters. The van der Waals surface area contributed by atoms with Crippen LogP contribution in [0.3, 0.4) is 0 Å². The number of carbonyl (C=O) groups excluding carboxylic acids is 2. The number of hydrogen-bond donors (Lipinski definition) is 1. The number of unbranched alkanes of at least 4 members (excludes halogenated alkanes) is 14. The van der Waals surface area contributed by atoms with E-state index in [0.29, 0.717) is 22.0 Å². The molecule has 170 valence electrons. The van der Waals surface area contributed by atoms with E-state index >= 15 is 0 Å². The van der Waals surface area contributed by atoms with Gasteiger partial charge in [0.2, 0.25) is 5.91 Å². The molecule has 0 saturated carbocycles. The van der Waals surface area contributed by atoms with Gasteiger partial charge in [-0.25, -0.2) is 0 Å². The lowest BCUT2D eigenvalue weighted by Gasteiger charge is -2.06. The summed E-state index contributed by atoms with van der Waals surface area (Å²) in [6, 6.07) is 4.56. The molecule has 1 aromatic rings. The number of benzene rings is 1. The summed E-state index contributed by atoms with van der Waals surface area (Å²) in [4.78, 5) is 24.0. The Morgan fingerprint density at radius 3 is 1.50 bits per heavy atom. The molecule has 5 heteroatoms. The van der Waals surface area contributed by atoms with Crippen molar-refractivity contribution in [3.8, 4) is 0 Å². The molecule has 2 amide bonds. The highest BCUT2D eigenvalue weighted by molar-refractivity contribution is 6.35. The Morgan fingerprint density at radius 1 is 0.667 bits per heavy atom. The topological polar surface area (TPSA) is 46.2 Å². The van der Waals surface area contributed by atoms with Crippen molar-refractivity contribution in [1.82, 2.24) is 5.32 Å². The maximum Gasteiger partial charge on any atom is 0.257 e. The number of amides is 2. The molecule has 30 heavy (non-hydrogen) atoms.